The molecule has 0 aliphatic rings. The van der Waals surface area contributed by atoms with E-state index in [2.05, 4.69) is 62.5 Å². The minimum absolute atomic E-state index is 0.0955. The van der Waals surface area contributed by atoms with E-state index >= 15 is 0 Å². The Bertz CT molecular complexity index is 853. The highest BCUT2D eigenvalue weighted by molar-refractivity contribution is 5.70. The van der Waals surface area contributed by atoms with Gasteiger partial charge in [-0.2, -0.15) is 0 Å². The predicted molar refractivity (Wildman–Crippen MR) is 205 cm³/mol. The normalized spacial score (nSPS) is 12.8. The molecule has 0 rings (SSSR count). The Morgan fingerprint density at radius 3 is 1.33 bits per heavy atom. The Hall–Kier alpha value is -2.40. The van der Waals surface area contributed by atoms with Crippen LogP contribution in [-0.4, -0.2) is 36.4 Å². The third-order valence-corrected chi connectivity index (χ3v) is 8.33. The average Bonchev–Trinajstić information content (AvgIpc) is 3.09. The molecule has 1 unspecified atom stereocenters. The summed E-state index contributed by atoms with van der Waals surface area (Å²) in [4.78, 5) is 24.2. The van der Waals surface area contributed by atoms with E-state index in [4.69, 9.17) is 9.47 Å². The zero-order valence-electron chi connectivity index (χ0n) is 31.2. The van der Waals surface area contributed by atoms with Crippen molar-refractivity contribution in [1.29, 1.82) is 0 Å². The maximum absolute atomic E-state index is 12.1. The van der Waals surface area contributed by atoms with Gasteiger partial charge in [-0.25, -0.2) is 0 Å². The highest BCUT2D eigenvalue weighted by Crippen LogP contribution is 2.14. The van der Waals surface area contributed by atoms with Crippen LogP contribution in [0.3, 0.4) is 0 Å². The van der Waals surface area contributed by atoms with Crippen LogP contribution in [0.25, 0.3) is 0 Å². The van der Waals surface area contributed by atoms with Gasteiger partial charge in [0.05, 0.1) is 6.61 Å². The highest BCUT2D eigenvalue weighted by Gasteiger charge is 2.15. The quantitative estimate of drug-likeness (QED) is 0.0413. The van der Waals surface area contributed by atoms with Gasteiger partial charge in [0.2, 0.25) is 0 Å². The molecule has 0 aliphatic heterocycles. The second kappa shape index (κ2) is 39.0. The second-order valence-electron chi connectivity index (χ2n) is 13.0. The first-order chi connectivity index (χ1) is 23.6. The van der Waals surface area contributed by atoms with Gasteiger partial charge >= 0.3 is 11.9 Å². The summed E-state index contributed by atoms with van der Waals surface area (Å²) in [6, 6.07) is 0. The summed E-state index contributed by atoms with van der Waals surface area (Å²) >= 11 is 0. The number of aliphatic hydroxyl groups is 1. The SMILES string of the molecule is CCCCCC=CCC=CCC=CCC=CCC=CCCC(=O)OC(CO)COC(=O)CCCCCCCCCCCCCCCCC. The number of aliphatic hydroxyl groups excluding tert-OH is 1. The van der Waals surface area contributed by atoms with Crippen LogP contribution in [0.5, 0.6) is 0 Å². The third-order valence-electron chi connectivity index (χ3n) is 8.33. The Labute approximate surface area is 296 Å². The lowest BCUT2D eigenvalue weighted by molar-refractivity contribution is -0.161. The van der Waals surface area contributed by atoms with E-state index in [1.807, 2.05) is 12.2 Å². The molecule has 0 aromatic carbocycles. The standard InChI is InChI=1S/C43H74O5/c1-3-5-7-9-11-13-15-17-19-20-21-22-24-26-28-30-32-34-36-38-43(46)48-41(39-44)40-47-42(45)37-35-33-31-29-27-25-23-18-16-14-12-10-8-6-4-2/h11,13,17,19,21-22,26,28,32,34,41,44H,3-10,12,14-16,18,20,23-25,27,29-31,33,35-40H2,1-2H3. The lowest BCUT2D eigenvalue weighted by Gasteiger charge is -2.15. The fourth-order valence-corrected chi connectivity index (χ4v) is 5.30. The molecule has 0 amide bonds. The number of allylic oxidation sites excluding steroid dienone is 10. The van der Waals surface area contributed by atoms with Gasteiger partial charge in [0.1, 0.15) is 6.61 Å². The van der Waals surface area contributed by atoms with Gasteiger partial charge in [0, 0.05) is 12.8 Å². The van der Waals surface area contributed by atoms with Crippen LogP contribution in [0.2, 0.25) is 0 Å². The van der Waals surface area contributed by atoms with Crippen molar-refractivity contribution in [1.82, 2.24) is 0 Å². The molecule has 0 fully saturated rings. The summed E-state index contributed by atoms with van der Waals surface area (Å²) in [5.41, 5.74) is 0. The van der Waals surface area contributed by atoms with E-state index in [-0.39, 0.29) is 25.6 Å². The van der Waals surface area contributed by atoms with Gasteiger partial charge in [-0.15, -0.1) is 0 Å². The van der Waals surface area contributed by atoms with Crippen molar-refractivity contribution in [2.24, 2.45) is 0 Å². The number of ether oxygens (including phenoxy) is 2. The third kappa shape index (κ3) is 36.4. The molecule has 276 valence electrons. The fraction of sp³-hybridized carbons (Fsp3) is 0.721. The summed E-state index contributed by atoms with van der Waals surface area (Å²) in [6.45, 7) is 4.04. The zero-order valence-corrected chi connectivity index (χ0v) is 31.2. The summed E-state index contributed by atoms with van der Waals surface area (Å²) in [5, 5.41) is 9.54. The molecule has 0 spiro atoms. The van der Waals surface area contributed by atoms with Crippen molar-refractivity contribution in [2.75, 3.05) is 13.2 Å². The van der Waals surface area contributed by atoms with E-state index in [1.54, 1.807) is 0 Å². The molecule has 5 heteroatoms. The first-order valence-electron chi connectivity index (χ1n) is 19.8. The van der Waals surface area contributed by atoms with Crippen LogP contribution in [0, 0.1) is 0 Å². The molecule has 0 aromatic rings. The van der Waals surface area contributed by atoms with Gasteiger partial charge in [-0.05, 0) is 51.4 Å². The number of esters is 2. The van der Waals surface area contributed by atoms with Gasteiger partial charge in [-0.3, -0.25) is 9.59 Å². The Morgan fingerprint density at radius 2 is 0.875 bits per heavy atom. The van der Waals surface area contributed by atoms with Gasteiger partial charge in [0.25, 0.3) is 0 Å². The molecular formula is C43H74O5. The maximum Gasteiger partial charge on any atom is 0.306 e. The van der Waals surface area contributed by atoms with E-state index in [0.29, 0.717) is 12.8 Å². The molecule has 0 saturated carbocycles. The number of hydrogen-bond donors (Lipinski definition) is 1. The van der Waals surface area contributed by atoms with Crippen LogP contribution in [0.4, 0.5) is 0 Å². The summed E-state index contributed by atoms with van der Waals surface area (Å²) in [6.07, 6.45) is 50.0. The maximum atomic E-state index is 12.1. The molecule has 1 N–H and O–H groups in total. The lowest BCUT2D eigenvalue weighted by Crippen LogP contribution is -2.28. The molecule has 0 bridgehead atoms. The van der Waals surface area contributed by atoms with E-state index in [1.165, 1.54) is 103 Å². The number of carbonyl (C=O) groups is 2. The molecule has 5 nitrogen and oxygen atoms in total. The molecule has 0 heterocycles. The summed E-state index contributed by atoms with van der Waals surface area (Å²) < 4.78 is 10.5. The zero-order chi connectivity index (χ0) is 35.0. The highest BCUT2D eigenvalue weighted by atomic mass is 16.6. The first-order valence-corrected chi connectivity index (χ1v) is 19.8. The number of unbranched alkanes of at least 4 members (excludes halogenated alkanes) is 17. The van der Waals surface area contributed by atoms with E-state index in [9.17, 15) is 14.7 Å². The predicted octanol–water partition coefficient (Wildman–Crippen LogP) is 12.4. The number of rotatable bonds is 35. The lowest BCUT2D eigenvalue weighted by atomic mass is 10.0. The van der Waals surface area contributed by atoms with Crippen LogP contribution in [0.1, 0.15) is 181 Å². The fourth-order valence-electron chi connectivity index (χ4n) is 5.30. The van der Waals surface area contributed by atoms with Gasteiger partial charge in [-0.1, -0.05) is 177 Å². The smallest absolute Gasteiger partial charge is 0.306 e. The van der Waals surface area contributed by atoms with Crippen LogP contribution >= 0.6 is 0 Å². The number of carbonyl (C=O) groups excluding carboxylic acids is 2. The Balaban J connectivity index is 3.69. The van der Waals surface area contributed by atoms with Crippen LogP contribution < -0.4 is 0 Å². The van der Waals surface area contributed by atoms with E-state index < -0.39 is 12.1 Å². The molecule has 1 atom stereocenters. The van der Waals surface area contributed by atoms with Crippen molar-refractivity contribution >= 4 is 11.9 Å². The topological polar surface area (TPSA) is 72.8 Å². The number of hydrogen-bond acceptors (Lipinski definition) is 5. The monoisotopic (exact) mass is 671 g/mol. The average molecular weight is 671 g/mol. The minimum atomic E-state index is -0.810. The van der Waals surface area contributed by atoms with Crippen molar-refractivity contribution in [3.8, 4) is 0 Å². The molecule has 0 radical (unpaired) electrons. The molecular weight excluding hydrogens is 596 g/mol. The Morgan fingerprint density at radius 1 is 0.479 bits per heavy atom. The van der Waals surface area contributed by atoms with Gasteiger partial charge in [0.15, 0.2) is 6.10 Å². The molecule has 0 aliphatic carbocycles. The van der Waals surface area contributed by atoms with Crippen LogP contribution in [-0.2, 0) is 19.1 Å². The summed E-state index contributed by atoms with van der Waals surface area (Å²) in [5.74, 6) is -0.686. The van der Waals surface area contributed by atoms with Crippen molar-refractivity contribution in [2.45, 2.75) is 187 Å². The van der Waals surface area contributed by atoms with E-state index in [0.717, 1.165) is 44.9 Å². The largest absolute Gasteiger partial charge is 0.462 e. The van der Waals surface area contributed by atoms with Gasteiger partial charge < -0.3 is 14.6 Å². The minimum Gasteiger partial charge on any atom is -0.462 e. The molecule has 48 heavy (non-hydrogen) atoms. The molecule has 0 saturated heterocycles. The Kier molecular flexibility index (Phi) is 37.1. The second-order valence-corrected chi connectivity index (χ2v) is 13.0. The van der Waals surface area contributed by atoms with Crippen molar-refractivity contribution in [3.63, 3.8) is 0 Å². The molecule has 0 aromatic heterocycles. The first kappa shape index (κ1) is 45.6. The summed E-state index contributed by atoms with van der Waals surface area (Å²) in [7, 11) is 0. The van der Waals surface area contributed by atoms with Crippen molar-refractivity contribution in [3.05, 3.63) is 60.8 Å². The van der Waals surface area contributed by atoms with Crippen molar-refractivity contribution < 1.29 is 24.2 Å². The van der Waals surface area contributed by atoms with Crippen LogP contribution in [0.15, 0.2) is 60.8 Å².